The second-order valence-corrected chi connectivity index (χ2v) is 5.23. The van der Waals surface area contributed by atoms with Gasteiger partial charge in [-0.2, -0.15) is 13.2 Å². The zero-order valence-corrected chi connectivity index (χ0v) is 13.3. The van der Waals surface area contributed by atoms with E-state index in [9.17, 15) is 18.0 Å². The van der Waals surface area contributed by atoms with Crippen molar-refractivity contribution in [2.75, 3.05) is 6.61 Å². The normalized spacial score (nSPS) is 11.6. The van der Waals surface area contributed by atoms with E-state index < -0.39 is 12.8 Å². The highest BCUT2D eigenvalue weighted by molar-refractivity contribution is 5.91. The van der Waals surface area contributed by atoms with Gasteiger partial charge in [0.2, 0.25) is 5.91 Å². The Morgan fingerprint density at radius 2 is 1.84 bits per heavy atom. The smallest absolute Gasteiger partial charge is 0.367 e. The van der Waals surface area contributed by atoms with Gasteiger partial charge in [0.25, 0.3) is 0 Å². The lowest BCUT2D eigenvalue weighted by Gasteiger charge is -2.08. The minimum atomic E-state index is -4.33. The molecular weight excluding hydrogens is 333 g/mol. The fourth-order valence-corrected chi connectivity index (χ4v) is 1.92. The van der Waals surface area contributed by atoms with Gasteiger partial charge in [-0.15, -0.1) is 0 Å². The van der Waals surface area contributed by atoms with Gasteiger partial charge in [0.15, 0.2) is 0 Å². The lowest BCUT2D eigenvalue weighted by molar-refractivity contribution is -0.176. The molecule has 0 saturated carbocycles. The summed E-state index contributed by atoms with van der Waals surface area (Å²) < 4.78 is 40.6. The molecule has 0 aliphatic heterocycles. The summed E-state index contributed by atoms with van der Waals surface area (Å²) in [5.41, 5.74) is 2.15. The van der Waals surface area contributed by atoms with Crippen LogP contribution in [-0.4, -0.2) is 23.7 Å². The van der Waals surface area contributed by atoms with Gasteiger partial charge in [0.05, 0.1) is 12.3 Å². The number of carbonyl (C=O) groups is 1. The van der Waals surface area contributed by atoms with Crippen molar-refractivity contribution in [1.29, 1.82) is 0 Å². The van der Waals surface area contributed by atoms with E-state index in [4.69, 9.17) is 0 Å². The molecule has 0 bridgehead atoms. The Kier molecular flexibility index (Phi) is 6.71. The molecular formula is C18H17F3N2O2. The first-order chi connectivity index (χ1) is 11.9. The van der Waals surface area contributed by atoms with Crippen LogP contribution in [0.2, 0.25) is 0 Å². The monoisotopic (exact) mass is 350 g/mol. The number of hydrogen-bond acceptors (Lipinski definition) is 3. The largest absolute Gasteiger partial charge is 0.411 e. The van der Waals surface area contributed by atoms with Gasteiger partial charge in [-0.05, 0) is 29.3 Å². The summed E-state index contributed by atoms with van der Waals surface area (Å²) in [6.07, 6.45) is 0.308. The van der Waals surface area contributed by atoms with Gasteiger partial charge in [-0.3, -0.25) is 9.78 Å². The summed E-state index contributed by atoms with van der Waals surface area (Å²) in [5.74, 6) is -0.261. The first-order valence-corrected chi connectivity index (χ1v) is 7.52. The maximum Gasteiger partial charge on any atom is 0.411 e. The van der Waals surface area contributed by atoms with Crippen molar-refractivity contribution >= 4 is 12.0 Å². The molecule has 25 heavy (non-hydrogen) atoms. The fourth-order valence-electron chi connectivity index (χ4n) is 1.92. The Bertz CT molecular complexity index is 699. The first-order valence-electron chi connectivity index (χ1n) is 7.52. The Hall–Kier alpha value is -2.67. The summed E-state index contributed by atoms with van der Waals surface area (Å²) in [4.78, 5) is 15.8. The number of pyridine rings is 1. The van der Waals surface area contributed by atoms with Crippen molar-refractivity contribution in [2.24, 2.45) is 0 Å². The summed E-state index contributed by atoms with van der Waals surface area (Å²) >= 11 is 0. The third-order valence-corrected chi connectivity index (χ3v) is 3.12. The van der Waals surface area contributed by atoms with Gasteiger partial charge >= 0.3 is 6.18 Å². The van der Waals surface area contributed by atoms with E-state index in [0.29, 0.717) is 17.8 Å². The van der Waals surface area contributed by atoms with E-state index in [1.807, 2.05) is 6.07 Å². The fraction of sp³-hybridized carbons (Fsp3) is 0.222. The number of carbonyl (C=O) groups excluding carboxylic acids is 1. The van der Waals surface area contributed by atoms with Crippen LogP contribution >= 0.6 is 0 Å². The lowest BCUT2D eigenvalue weighted by Crippen LogP contribution is -2.20. The number of aromatic nitrogens is 1. The average Bonchev–Trinajstić information content (AvgIpc) is 2.59. The van der Waals surface area contributed by atoms with Crippen LogP contribution in [0.15, 0.2) is 54.7 Å². The summed E-state index contributed by atoms with van der Waals surface area (Å²) in [6, 6.07) is 12.2. The van der Waals surface area contributed by atoms with E-state index >= 15 is 0 Å². The molecule has 1 N–H and O–H groups in total. The van der Waals surface area contributed by atoms with Crippen molar-refractivity contribution in [3.8, 4) is 0 Å². The summed E-state index contributed by atoms with van der Waals surface area (Å²) in [7, 11) is 0. The summed E-state index contributed by atoms with van der Waals surface area (Å²) in [6.45, 7) is -1.07. The van der Waals surface area contributed by atoms with Crippen LogP contribution in [0.25, 0.3) is 6.08 Å². The molecule has 0 radical (unpaired) electrons. The third-order valence-electron chi connectivity index (χ3n) is 3.12. The van der Waals surface area contributed by atoms with E-state index in [-0.39, 0.29) is 12.5 Å². The van der Waals surface area contributed by atoms with Crippen LogP contribution in [0.5, 0.6) is 0 Å². The second kappa shape index (κ2) is 8.98. The maximum absolute atomic E-state index is 12.0. The Balaban J connectivity index is 1.75. The van der Waals surface area contributed by atoms with Crippen LogP contribution in [-0.2, 0) is 22.7 Å². The predicted octanol–water partition coefficient (Wildman–Crippen LogP) is 3.49. The van der Waals surface area contributed by atoms with Gasteiger partial charge in [0.1, 0.15) is 6.61 Å². The zero-order valence-electron chi connectivity index (χ0n) is 13.3. The molecule has 0 saturated heterocycles. The van der Waals surface area contributed by atoms with E-state index in [2.05, 4.69) is 15.0 Å². The van der Waals surface area contributed by atoms with Crippen LogP contribution in [0.1, 0.15) is 16.8 Å². The predicted molar refractivity (Wildman–Crippen MR) is 87.3 cm³/mol. The second-order valence-electron chi connectivity index (χ2n) is 5.23. The highest BCUT2D eigenvalue weighted by Crippen LogP contribution is 2.15. The van der Waals surface area contributed by atoms with Crippen LogP contribution < -0.4 is 5.32 Å². The molecule has 132 valence electrons. The number of hydrogen-bond donors (Lipinski definition) is 1. The Labute approximate surface area is 143 Å². The maximum atomic E-state index is 12.0. The third kappa shape index (κ3) is 7.63. The number of halogens is 3. The Morgan fingerprint density at radius 1 is 1.12 bits per heavy atom. The van der Waals surface area contributed by atoms with E-state index in [1.54, 1.807) is 48.7 Å². The van der Waals surface area contributed by atoms with Gasteiger partial charge in [-0.25, -0.2) is 0 Å². The van der Waals surface area contributed by atoms with Crippen molar-refractivity contribution in [3.05, 3.63) is 71.6 Å². The minimum absolute atomic E-state index is 0.112. The molecule has 0 aliphatic carbocycles. The Morgan fingerprint density at radius 3 is 2.48 bits per heavy atom. The molecule has 1 aromatic heterocycles. The topological polar surface area (TPSA) is 51.2 Å². The molecule has 0 fully saturated rings. The average molecular weight is 350 g/mol. The SMILES string of the molecule is O=C(/C=C/c1ccccn1)NCc1ccc(COCC(F)(F)F)cc1. The van der Waals surface area contributed by atoms with Gasteiger partial charge in [-0.1, -0.05) is 30.3 Å². The number of nitrogens with one attached hydrogen (secondary N) is 1. The van der Waals surface area contributed by atoms with Crippen molar-refractivity contribution in [1.82, 2.24) is 10.3 Å². The van der Waals surface area contributed by atoms with Crippen molar-refractivity contribution < 1.29 is 22.7 Å². The van der Waals surface area contributed by atoms with E-state index in [1.165, 1.54) is 6.08 Å². The number of benzene rings is 1. The molecule has 4 nitrogen and oxygen atoms in total. The highest BCUT2D eigenvalue weighted by Gasteiger charge is 2.27. The summed E-state index contributed by atoms with van der Waals surface area (Å²) in [5, 5.41) is 2.72. The molecule has 7 heteroatoms. The number of nitrogens with zero attached hydrogens (tertiary/aromatic N) is 1. The highest BCUT2D eigenvalue weighted by atomic mass is 19.4. The van der Waals surface area contributed by atoms with Crippen LogP contribution in [0.4, 0.5) is 13.2 Å². The minimum Gasteiger partial charge on any atom is -0.367 e. The molecule has 1 aromatic carbocycles. The lowest BCUT2D eigenvalue weighted by atomic mass is 10.1. The standard InChI is InChI=1S/C18H17F3N2O2/c19-18(20,21)13-25-12-15-6-4-14(5-7-15)11-23-17(24)9-8-16-3-1-2-10-22-16/h1-10H,11-13H2,(H,23,24)/b9-8+. The zero-order chi connectivity index (χ0) is 18.1. The number of amides is 1. The molecule has 2 rings (SSSR count). The van der Waals surface area contributed by atoms with Gasteiger partial charge < -0.3 is 10.1 Å². The van der Waals surface area contributed by atoms with Crippen molar-refractivity contribution in [3.63, 3.8) is 0 Å². The van der Waals surface area contributed by atoms with Crippen molar-refractivity contribution in [2.45, 2.75) is 19.3 Å². The van der Waals surface area contributed by atoms with Crippen LogP contribution in [0, 0.1) is 0 Å². The molecule has 2 aromatic rings. The molecule has 0 unspecified atom stereocenters. The number of ether oxygens (including phenoxy) is 1. The molecule has 0 atom stereocenters. The molecule has 0 spiro atoms. The van der Waals surface area contributed by atoms with Gasteiger partial charge in [0, 0.05) is 18.8 Å². The number of alkyl halides is 3. The molecule has 0 aliphatic rings. The molecule has 1 amide bonds. The molecule has 1 heterocycles. The van der Waals surface area contributed by atoms with Crippen LogP contribution in [0.3, 0.4) is 0 Å². The van der Waals surface area contributed by atoms with E-state index in [0.717, 1.165) is 5.56 Å². The first kappa shape index (κ1) is 18.7. The quantitative estimate of drug-likeness (QED) is 0.778. The number of rotatable bonds is 7.